The minimum absolute atomic E-state index is 0.0255. The van der Waals surface area contributed by atoms with Gasteiger partial charge < -0.3 is 5.11 Å². The van der Waals surface area contributed by atoms with E-state index in [1.54, 1.807) is 0 Å². The molecule has 11 heavy (non-hydrogen) atoms. The first kappa shape index (κ1) is 9.05. The summed E-state index contributed by atoms with van der Waals surface area (Å²) >= 11 is 0. The number of rotatable bonds is 2. The molecule has 1 atom stereocenters. The predicted molar refractivity (Wildman–Crippen MR) is 47.4 cm³/mol. The minimum atomic E-state index is -0.0255. The average Bonchev–Trinajstić information content (AvgIpc) is 2.05. The van der Waals surface area contributed by atoms with Crippen molar-refractivity contribution in [3.8, 4) is 0 Å². The molecule has 1 aliphatic rings. The van der Waals surface area contributed by atoms with Crippen molar-refractivity contribution in [1.82, 2.24) is 0 Å². The zero-order valence-corrected chi connectivity index (χ0v) is 7.71. The van der Waals surface area contributed by atoms with Gasteiger partial charge in [-0.3, -0.25) is 0 Å². The van der Waals surface area contributed by atoms with E-state index in [1.165, 1.54) is 25.7 Å². The van der Waals surface area contributed by atoms with Crippen molar-refractivity contribution in [2.45, 2.75) is 52.1 Å². The van der Waals surface area contributed by atoms with Crippen molar-refractivity contribution < 1.29 is 5.11 Å². The van der Waals surface area contributed by atoms with Crippen LogP contribution in [0.15, 0.2) is 0 Å². The maximum Gasteiger partial charge on any atom is 0.0565 e. The van der Waals surface area contributed by atoms with Gasteiger partial charge >= 0.3 is 0 Å². The fourth-order valence-corrected chi connectivity index (χ4v) is 2.00. The topological polar surface area (TPSA) is 20.2 Å². The summed E-state index contributed by atoms with van der Waals surface area (Å²) in [6, 6.07) is 0. The monoisotopic (exact) mass is 156 g/mol. The lowest BCUT2D eigenvalue weighted by Crippen LogP contribution is -2.24. The standard InChI is InChI=1S/C10H20O/c1-3-10(11)9-6-4-8(2)5-7-9/h8-11H,3-7H2,1-2H3/t8?,9?,10-/m1/s1. The molecule has 1 saturated carbocycles. The predicted octanol–water partition coefficient (Wildman–Crippen LogP) is 2.58. The fraction of sp³-hybridized carbons (Fsp3) is 1.00. The highest BCUT2D eigenvalue weighted by atomic mass is 16.3. The van der Waals surface area contributed by atoms with Gasteiger partial charge in [0.1, 0.15) is 0 Å². The van der Waals surface area contributed by atoms with Gasteiger partial charge in [-0.1, -0.05) is 26.7 Å². The van der Waals surface area contributed by atoms with E-state index in [9.17, 15) is 5.11 Å². The molecule has 1 nitrogen and oxygen atoms in total. The zero-order valence-electron chi connectivity index (χ0n) is 7.71. The van der Waals surface area contributed by atoms with E-state index >= 15 is 0 Å². The van der Waals surface area contributed by atoms with Gasteiger partial charge in [-0.25, -0.2) is 0 Å². The Labute approximate surface area is 69.8 Å². The van der Waals surface area contributed by atoms with Gasteiger partial charge in [0.25, 0.3) is 0 Å². The molecular formula is C10H20O. The van der Waals surface area contributed by atoms with Gasteiger partial charge in [0.2, 0.25) is 0 Å². The first-order valence-electron chi connectivity index (χ1n) is 4.92. The Balaban J connectivity index is 2.27. The van der Waals surface area contributed by atoms with Crippen molar-refractivity contribution >= 4 is 0 Å². The molecule has 1 heteroatoms. The largest absolute Gasteiger partial charge is 0.393 e. The highest BCUT2D eigenvalue weighted by Gasteiger charge is 2.22. The second kappa shape index (κ2) is 4.10. The Kier molecular flexibility index (Phi) is 3.38. The molecule has 0 aromatic carbocycles. The lowest BCUT2D eigenvalue weighted by Gasteiger charge is -2.29. The van der Waals surface area contributed by atoms with Gasteiger partial charge in [-0.2, -0.15) is 0 Å². The first-order valence-corrected chi connectivity index (χ1v) is 4.92. The average molecular weight is 156 g/mol. The van der Waals surface area contributed by atoms with E-state index in [1.807, 2.05) is 0 Å². The molecule has 0 bridgehead atoms. The molecule has 0 aliphatic heterocycles. The first-order chi connectivity index (χ1) is 5.24. The number of hydrogen-bond acceptors (Lipinski definition) is 1. The maximum absolute atomic E-state index is 9.57. The molecule has 1 rings (SSSR count). The third kappa shape index (κ3) is 2.48. The van der Waals surface area contributed by atoms with Crippen LogP contribution < -0.4 is 0 Å². The summed E-state index contributed by atoms with van der Waals surface area (Å²) in [5, 5.41) is 9.57. The molecule has 0 spiro atoms. The van der Waals surface area contributed by atoms with Crippen LogP contribution in [0.4, 0.5) is 0 Å². The fourth-order valence-electron chi connectivity index (χ4n) is 2.00. The number of aliphatic hydroxyl groups is 1. The normalized spacial score (nSPS) is 35.2. The lowest BCUT2D eigenvalue weighted by atomic mass is 9.80. The number of hydrogen-bond donors (Lipinski definition) is 1. The summed E-state index contributed by atoms with van der Waals surface area (Å²) < 4.78 is 0. The summed E-state index contributed by atoms with van der Waals surface area (Å²) in [6.45, 7) is 4.39. The Bertz CT molecular complexity index is 103. The molecule has 0 radical (unpaired) electrons. The van der Waals surface area contributed by atoms with Crippen LogP contribution in [0.25, 0.3) is 0 Å². The summed E-state index contributed by atoms with van der Waals surface area (Å²) in [6.07, 6.45) is 6.04. The third-order valence-corrected chi connectivity index (χ3v) is 3.02. The maximum atomic E-state index is 9.57. The van der Waals surface area contributed by atoms with E-state index in [2.05, 4.69) is 13.8 Å². The summed E-state index contributed by atoms with van der Waals surface area (Å²) in [5.74, 6) is 1.51. The van der Waals surface area contributed by atoms with Gasteiger partial charge in [0.15, 0.2) is 0 Å². The molecule has 1 N–H and O–H groups in total. The lowest BCUT2D eigenvalue weighted by molar-refractivity contribution is 0.0728. The molecule has 1 aliphatic carbocycles. The molecular weight excluding hydrogens is 136 g/mol. The Morgan fingerprint density at radius 3 is 2.27 bits per heavy atom. The summed E-state index contributed by atoms with van der Waals surface area (Å²) in [7, 11) is 0. The second-order valence-electron chi connectivity index (χ2n) is 4.00. The van der Waals surface area contributed by atoms with Crippen LogP contribution in [0.1, 0.15) is 46.0 Å². The van der Waals surface area contributed by atoms with Crippen LogP contribution in [0.5, 0.6) is 0 Å². The highest BCUT2D eigenvalue weighted by Crippen LogP contribution is 2.31. The van der Waals surface area contributed by atoms with Crippen molar-refractivity contribution in [2.24, 2.45) is 11.8 Å². The van der Waals surface area contributed by atoms with E-state index in [-0.39, 0.29) is 6.10 Å². The highest BCUT2D eigenvalue weighted by molar-refractivity contribution is 4.74. The molecule has 0 aromatic rings. The van der Waals surface area contributed by atoms with Gasteiger partial charge in [-0.05, 0) is 31.1 Å². The van der Waals surface area contributed by atoms with Crippen LogP contribution in [0.3, 0.4) is 0 Å². The van der Waals surface area contributed by atoms with Crippen molar-refractivity contribution in [3.63, 3.8) is 0 Å². The Morgan fingerprint density at radius 2 is 1.82 bits per heavy atom. The van der Waals surface area contributed by atoms with E-state index in [4.69, 9.17) is 0 Å². The SMILES string of the molecule is CC[C@@H](O)C1CCC(C)CC1. The van der Waals surface area contributed by atoms with Crippen molar-refractivity contribution in [1.29, 1.82) is 0 Å². The summed E-state index contributed by atoms with van der Waals surface area (Å²) in [5.41, 5.74) is 0. The number of aliphatic hydroxyl groups excluding tert-OH is 1. The molecule has 66 valence electrons. The van der Waals surface area contributed by atoms with Crippen molar-refractivity contribution in [2.75, 3.05) is 0 Å². The van der Waals surface area contributed by atoms with Gasteiger partial charge in [-0.15, -0.1) is 0 Å². The molecule has 0 unspecified atom stereocenters. The van der Waals surface area contributed by atoms with E-state index in [0.29, 0.717) is 5.92 Å². The molecule has 0 saturated heterocycles. The zero-order chi connectivity index (χ0) is 8.27. The van der Waals surface area contributed by atoms with Gasteiger partial charge in [0.05, 0.1) is 6.10 Å². The Morgan fingerprint density at radius 1 is 1.27 bits per heavy atom. The molecule has 0 heterocycles. The third-order valence-electron chi connectivity index (χ3n) is 3.02. The molecule has 0 amide bonds. The molecule has 0 aromatic heterocycles. The van der Waals surface area contributed by atoms with Crippen LogP contribution in [0.2, 0.25) is 0 Å². The minimum Gasteiger partial charge on any atom is -0.393 e. The quantitative estimate of drug-likeness (QED) is 0.651. The van der Waals surface area contributed by atoms with E-state index < -0.39 is 0 Å². The summed E-state index contributed by atoms with van der Waals surface area (Å²) in [4.78, 5) is 0. The van der Waals surface area contributed by atoms with Crippen LogP contribution in [0, 0.1) is 11.8 Å². The van der Waals surface area contributed by atoms with Gasteiger partial charge in [0, 0.05) is 0 Å². The smallest absolute Gasteiger partial charge is 0.0565 e. The molecule has 1 fully saturated rings. The van der Waals surface area contributed by atoms with Crippen molar-refractivity contribution in [3.05, 3.63) is 0 Å². The van der Waals surface area contributed by atoms with E-state index in [0.717, 1.165) is 12.3 Å². The Hall–Kier alpha value is -0.0400. The van der Waals surface area contributed by atoms with Crippen LogP contribution >= 0.6 is 0 Å². The van der Waals surface area contributed by atoms with Crippen LogP contribution in [-0.2, 0) is 0 Å². The van der Waals surface area contributed by atoms with Crippen LogP contribution in [-0.4, -0.2) is 11.2 Å². The second-order valence-corrected chi connectivity index (χ2v) is 4.00.